The van der Waals surface area contributed by atoms with Gasteiger partial charge in [0.25, 0.3) is 0 Å². The number of H-pyrrole nitrogens is 1. The van der Waals surface area contributed by atoms with Gasteiger partial charge >= 0.3 is 17.8 Å². The van der Waals surface area contributed by atoms with Crippen LogP contribution in [-0.4, -0.2) is 62.3 Å². The van der Waals surface area contributed by atoms with E-state index in [1.54, 1.807) is 45.0 Å². The van der Waals surface area contributed by atoms with Crippen LogP contribution in [0.4, 0.5) is 4.79 Å². The summed E-state index contributed by atoms with van der Waals surface area (Å²) in [7, 11) is 0. The molecule has 0 radical (unpaired) electrons. The molecule has 2 heterocycles. The summed E-state index contributed by atoms with van der Waals surface area (Å²) in [4.78, 5) is 55.0. The van der Waals surface area contributed by atoms with Crippen LogP contribution in [0.25, 0.3) is 11.0 Å². The maximum atomic E-state index is 13.6. The van der Waals surface area contributed by atoms with Gasteiger partial charge in [-0.2, -0.15) is 0 Å². The number of carboxylic acids is 1. The lowest BCUT2D eigenvalue weighted by molar-refractivity contribution is -0.150. The number of fused-ring (bicyclic) bond motifs is 1. The maximum Gasteiger partial charge on any atom is 0.408 e. The summed E-state index contributed by atoms with van der Waals surface area (Å²) < 4.78 is 7.00. The van der Waals surface area contributed by atoms with Crippen molar-refractivity contribution in [2.45, 2.75) is 77.1 Å². The Balaban J connectivity index is 1.58. The lowest BCUT2D eigenvalue weighted by Crippen LogP contribution is -2.57. The van der Waals surface area contributed by atoms with Gasteiger partial charge in [0.1, 0.15) is 18.2 Å². The molecule has 3 unspecified atom stereocenters. The smallest absolute Gasteiger partial charge is 0.408 e. The molecule has 1 saturated carbocycles. The number of carbonyl (C=O) groups is 3. The lowest BCUT2D eigenvalue weighted by atomic mass is 9.85. The van der Waals surface area contributed by atoms with Crippen molar-refractivity contribution in [1.29, 1.82) is 0 Å². The molecule has 10 heteroatoms. The van der Waals surface area contributed by atoms with Crippen molar-refractivity contribution in [2.24, 2.45) is 5.41 Å². The first-order chi connectivity index (χ1) is 16.1. The highest BCUT2D eigenvalue weighted by molar-refractivity contribution is 5.90. The van der Waals surface area contributed by atoms with E-state index in [1.165, 1.54) is 9.47 Å². The van der Waals surface area contributed by atoms with Crippen molar-refractivity contribution in [3.63, 3.8) is 0 Å². The topological polar surface area (TPSA) is 134 Å². The monoisotopic (exact) mass is 472 g/mol. The number of alkyl carbamates (subject to hydrolysis) is 1. The van der Waals surface area contributed by atoms with Gasteiger partial charge in [0.2, 0.25) is 5.91 Å². The molecule has 10 nitrogen and oxygen atoms in total. The summed E-state index contributed by atoms with van der Waals surface area (Å²) in [6, 6.07) is 4.55. The summed E-state index contributed by atoms with van der Waals surface area (Å²) >= 11 is 0. The second-order valence-corrected chi connectivity index (χ2v) is 10.3. The Morgan fingerprint density at radius 1 is 1.18 bits per heavy atom. The minimum Gasteiger partial charge on any atom is -0.480 e. The number of likely N-dealkylation sites (tertiary alicyclic amines) is 1. The van der Waals surface area contributed by atoms with Gasteiger partial charge in [-0.15, -0.1) is 0 Å². The van der Waals surface area contributed by atoms with Crippen LogP contribution in [0.15, 0.2) is 29.1 Å². The van der Waals surface area contributed by atoms with E-state index in [2.05, 4.69) is 10.3 Å². The number of para-hydroxylation sites is 2. The predicted octanol–water partition coefficient (Wildman–Crippen LogP) is 2.64. The van der Waals surface area contributed by atoms with Crippen molar-refractivity contribution in [2.75, 3.05) is 6.54 Å². The highest BCUT2D eigenvalue weighted by atomic mass is 16.6. The Labute approximate surface area is 197 Å². The molecule has 0 bridgehead atoms. The number of nitrogens with one attached hydrogen (secondary N) is 2. The molecule has 1 aromatic heterocycles. The molecular formula is C24H32N4O6. The largest absolute Gasteiger partial charge is 0.480 e. The standard InChI is InChI=1S/C24H32N4O6/c1-24(2,3)19(26-23(33)34-15-8-4-5-9-15)20(29)27-13-14(12-18(27)21(30)31)28-17-11-7-6-10-16(17)25-22(28)32/h6-7,10-11,14-15,18-19H,4-5,8-9,12-13H2,1-3H3,(H,25,32)(H,26,33)(H,30,31). The van der Waals surface area contributed by atoms with Crippen molar-refractivity contribution < 1.29 is 24.2 Å². The van der Waals surface area contributed by atoms with E-state index >= 15 is 0 Å². The van der Waals surface area contributed by atoms with Gasteiger partial charge in [-0.05, 0) is 43.2 Å². The SMILES string of the molecule is CC(C)(C)C(NC(=O)OC1CCCC1)C(=O)N1CC(n2c(=O)[nH]c3ccccc32)CC1C(=O)O. The van der Waals surface area contributed by atoms with Crippen LogP contribution in [0.3, 0.4) is 0 Å². The maximum absolute atomic E-state index is 13.6. The van der Waals surface area contributed by atoms with E-state index in [0.29, 0.717) is 11.0 Å². The average Bonchev–Trinajstić information content (AvgIpc) is 3.48. The highest BCUT2D eigenvalue weighted by Crippen LogP contribution is 2.32. The first kappa shape index (κ1) is 23.8. The molecule has 1 aliphatic heterocycles. The van der Waals surface area contributed by atoms with Gasteiger partial charge in [0.05, 0.1) is 17.1 Å². The molecule has 2 aromatic rings. The van der Waals surface area contributed by atoms with Crippen LogP contribution in [0, 0.1) is 5.41 Å². The minimum atomic E-state index is -1.15. The van der Waals surface area contributed by atoms with Crippen molar-refractivity contribution in [3.8, 4) is 0 Å². The fourth-order valence-corrected chi connectivity index (χ4v) is 5.04. The zero-order valence-electron chi connectivity index (χ0n) is 19.7. The number of nitrogens with zero attached hydrogens (tertiary/aromatic N) is 2. The number of imidazole rings is 1. The first-order valence-corrected chi connectivity index (χ1v) is 11.8. The van der Waals surface area contributed by atoms with Gasteiger partial charge in [-0.3, -0.25) is 9.36 Å². The van der Waals surface area contributed by atoms with E-state index in [-0.39, 0.29) is 24.8 Å². The van der Waals surface area contributed by atoms with Crippen LogP contribution >= 0.6 is 0 Å². The van der Waals surface area contributed by atoms with Crippen molar-refractivity contribution in [1.82, 2.24) is 19.8 Å². The molecule has 0 spiro atoms. The lowest BCUT2D eigenvalue weighted by Gasteiger charge is -2.34. The van der Waals surface area contributed by atoms with E-state index in [4.69, 9.17) is 4.74 Å². The molecule has 1 aromatic carbocycles. The molecule has 34 heavy (non-hydrogen) atoms. The van der Waals surface area contributed by atoms with Gasteiger partial charge in [0, 0.05) is 13.0 Å². The number of aromatic nitrogens is 2. The zero-order chi connectivity index (χ0) is 24.6. The number of hydrogen-bond acceptors (Lipinski definition) is 5. The van der Waals surface area contributed by atoms with E-state index in [9.17, 15) is 24.3 Å². The third-order valence-corrected chi connectivity index (χ3v) is 6.79. The summed E-state index contributed by atoms with van der Waals surface area (Å²) in [5.74, 6) is -1.65. The molecule has 2 amide bonds. The fraction of sp³-hybridized carbons (Fsp3) is 0.583. The number of rotatable bonds is 5. The van der Waals surface area contributed by atoms with E-state index < -0.39 is 41.5 Å². The van der Waals surface area contributed by atoms with Crippen LogP contribution in [0.5, 0.6) is 0 Å². The summed E-state index contributed by atoms with van der Waals surface area (Å²) in [5, 5.41) is 12.6. The number of aromatic amines is 1. The molecule has 2 fully saturated rings. The molecule has 2 aliphatic rings. The number of ether oxygens (including phenoxy) is 1. The zero-order valence-corrected chi connectivity index (χ0v) is 19.7. The van der Waals surface area contributed by atoms with Gasteiger partial charge < -0.3 is 25.0 Å². The Kier molecular flexibility index (Phi) is 6.42. The molecular weight excluding hydrogens is 440 g/mol. The van der Waals surface area contributed by atoms with Crippen molar-refractivity contribution in [3.05, 3.63) is 34.7 Å². The van der Waals surface area contributed by atoms with Gasteiger partial charge in [0.15, 0.2) is 0 Å². The predicted molar refractivity (Wildman–Crippen MR) is 124 cm³/mol. The summed E-state index contributed by atoms with van der Waals surface area (Å²) in [6.45, 7) is 5.46. The van der Waals surface area contributed by atoms with Gasteiger partial charge in [-0.25, -0.2) is 14.4 Å². The molecule has 3 N–H and O–H groups in total. The number of amides is 2. The van der Waals surface area contributed by atoms with Crippen molar-refractivity contribution >= 4 is 29.0 Å². The first-order valence-electron chi connectivity index (χ1n) is 11.8. The van der Waals surface area contributed by atoms with Crippen LogP contribution in [0.2, 0.25) is 0 Å². The normalized spacial score (nSPS) is 22.1. The van der Waals surface area contributed by atoms with Crippen LogP contribution in [0.1, 0.15) is 58.9 Å². The number of benzene rings is 1. The Hall–Kier alpha value is -3.30. The third kappa shape index (κ3) is 4.67. The molecule has 184 valence electrons. The number of carboxylic acid groups (broad SMARTS) is 1. The average molecular weight is 473 g/mol. The summed E-state index contributed by atoms with van der Waals surface area (Å²) in [6.07, 6.45) is 2.87. The molecule has 1 aliphatic carbocycles. The number of hydrogen-bond donors (Lipinski definition) is 3. The number of aliphatic carboxylic acids is 1. The Morgan fingerprint density at radius 2 is 1.85 bits per heavy atom. The van der Waals surface area contributed by atoms with Gasteiger partial charge in [-0.1, -0.05) is 32.9 Å². The second kappa shape index (κ2) is 9.15. The molecule has 1 saturated heterocycles. The minimum absolute atomic E-state index is 0.0451. The van der Waals surface area contributed by atoms with Crippen LogP contribution < -0.4 is 11.0 Å². The Bertz CT molecular complexity index is 1140. The number of carbonyl (C=O) groups excluding carboxylic acids is 2. The third-order valence-electron chi connectivity index (χ3n) is 6.79. The quantitative estimate of drug-likeness (QED) is 0.613. The van der Waals surface area contributed by atoms with E-state index in [0.717, 1.165) is 25.7 Å². The molecule has 4 rings (SSSR count). The highest BCUT2D eigenvalue weighted by Gasteiger charge is 2.46. The fourth-order valence-electron chi connectivity index (χ4n) is 5.04. The van der Waals surface area contributed by atoms with E-state index in [1.807, 2.05) is 0 Å². The molecule has 3 atom stereocenters. The Morgan fingerprint density at radius 3 is 2.50 bits per heavy atom. The van der Waals surface area contributed by atoms with Crippen LogP contribution in [-0.2, 0) is 14.3 Å². The second-order valence-electron chi connectivity index (χ2n) is 10.3. The summed E-state index contributed by atoms with van der Waals surface area (Å²) in [5.41, 5.74) is 0.259.